The van der Waals surface area contributed by atoms with Gasteiger partial charge in [0.25, 0.3) is 0 Å². The molecule has 0 amide bonds. The number of hydrogen-bond donors (Lipinski definition) is 1. The third-order valence-electron chi connectivity index (χ3n) is 6.14. The molecule has 1 N–H and O–H groups in total. The minimum atomic E-state index is -0.210. The van der Waals surface area contributed by atoms with Gasteiger partial charge in [0.1, 0.15) is 0 Å². The minimum absolute atomic E-state index is 0.210. The van der Waals surface area contributed by atoms with Gasteiger partial charge in [0.2, 0.25) is 0 Å². The molecule has 0 fully saturated rings. The summed E-state index contributed by atoms with van der Waals surface area (Å²) in [6, 6.07) is 33.0. The third kappa shape index (κ3) is 2.04. The molecule has 5 aromatic rings. The fraction of sp³-hybridized carbons (Fsp3) is 0.0769. The van der Waals surface area contributed by atoms with E-state index in [1.807, 2.05) is 11.8 Å². The van der Waals surface area contributed by atoms with Crippen LogP contribution in [0.3, 0.4) is 0 Å². The Morgan fingerprint density at radius 1 is 0.679 bits per heavy atom. The first-order valence-electron chi connectivity index (χ1n) is 9.63. The molecule has 1 aliphatic heterocycles. The van der Waals surface area contributed by atoms with Gasteiger partial charge in [-0.15, -0.1) is 0 Å². The SMILES string of the molecule is CC1(c2ccccc2)c2ccccc2Sc2ccc3c([nH]c4ccccc43)c21. The minimum Gasteiger partial charge on any atom is -0.354 e. The van der Waals surface area contributed by atoms with E-state index in [0.717, 1.165) is 0 Å². The van der Waals surface area contributed by atoms with Crippen molar-refractivity contribution in [3.05, 3.63) is 108 Å². The summed E-state index contributed by atoms with van der Waals surface area (Å²) >= 11 is 1.88. The first-order valence-corrected chi connectivity index (χ1v) is 10.5. The normalized spacial score (nSPS) is 18.2. The quantitative estimate of drug-likeness (QED) is 0.328. The molecule has 1 unspecified atom stereocenters. The van der Waals surface area contributed by atoms with Crippen molar-refractivity contribution in [1.29, 1.82) is 0 Å². The van der Waals surface area contributed by atoms with E-state index in [4.69, 9.17) is 0 Å². The van der Waals surface area contributed by atoms with Crippen LogP contribution in [0.1, 0.15) is 23.6 Å². The van der Waals surface area contributed by atoms with Crippen molar-refractivity contribution >= 4 is 33.6 Å². The Morgan fingerprint density at radius 3 is 2.32 bits per heavy atom. The molecule has 2 heteroatoms. The lowest BCUT2D eigenvalue weighted by Crippen LogP contribution is -2.29. The lowest BCUT2D eigenvalue weighted by Gasteiger charge is -2.38. The number of aromatic nitrogens is 1. The summed E-state index contributed by atoms with van der Waals surface area (Å²) in [6.07, 6.45) is 0. The predicted octanol–water partition coefficient (Wildman–Crippen LogP) is 7.14. The standard InChI is InChI=1S/C26H19NS/c1-26(17-9-3-2-4-10-17)20-12-6-8-14-22(20)28-23-16-15-19-18-11-5-7-13-21(18)27-25(19)24(23)26/h2-16,27H,1H3. The van der Waals surface area contributed by atoms with E-state index in [2.05, 4.69) is 103 Å². The van der Waals surface area contributed by atoms with E-state index in [9.17, 15) is 0 Å². The van der Waals surface area contributed by atoms with E-state index >= 15 is 0 Å². The van der Waals surface area contributed by atoms with Crippen LogP contribution in [0.15, 0.2) is 101 Å². The van der Waals surface area contributed by atoms with Gasteiger partial charge in [-0.2, -0.15) is 0 Å². The zero-order chi connectivity index (χ0) is 18.7. The van der Waals surface area contributed by atoms with E-state index < -0.39 is 0 Å². The van der Waals surface area contributed by atoms with E-state index in [1.54, 1.807) is 0 Å². The van der Waals surface area contributed by atoms with Crippen LogP contribution in [0, 0.1) is 0 Å². The van der Waals surface area contributed by atoms with Crippen molar-refractivity contribution in [3.8, 4) is 0 Å². The molecule has 4 aromatic carbocycles. The van der Waals surface area contributed by atoms with Crippen molar-refractivity contribution < 1.29 is 0 Å². The average Bonchev–Trinajstić information content (AvgIpc) is 3.13. The first kappa shape index (κ1) is 16.0. The van der Waals surface area contributed by atoms with Crippen LogP contribution in [0.2, 0.25) is 0 Å². The maximum absolute atomic E-state index is 3.75. The Bertz CT molecular complexity index is 1350. The molecular formula is C26H19NS. The van der Waals surface area contributed by atoms with Crippen molar-refractivity contribution in [3.63, 3.8) is 0 Å². The molecule has 0 spiro atoms. The number of fused-ring (bicyclic) bond motifs is 6. The maximum Gasteiger partial charge on any atom is 0.0521 e. The van der Waals surface area contributed by atoms with E-state index in [1.165, 1.54) is 48.3 Å². The molecule has 0 saturated heterocycles. The zero-order valence-electron chi connectivity index (χ0n) is 15.6. The number of aromatic amines is 1. The smallest absolute Gasteiger partial charge is 0.0521 e. The van der Waals surface area contributed by atoms with Crippen LogP contribution >= 0.6 is 11.8 Å². The second kappa shape index (κ2) is 5.76. The van der Waals surface area contributed by atoms with Crippen molar-refractivity contribution in [2.24, 2.45) is 0 Å². The van der Waals surface area contributed by atoms with Gasteiger partial charge in [-0.25, -0.2) is 0 Å². The Hall–Kier alpha value is -2.97. The number of hydrogen-bond acceptors (Lipinski definition) is 1. The van der Waals surface area contributed by atoms with Crippen LogP contribution in [-0.4, -0.2) is 4.98 Å². The average molecular weight is 378 g/mol. The second-order valence-corrected chi connectivity index (χ2v) is 8.70. The van der Waals surface area contributed by atoms with Crippen LogP contribution in [-0.2, 0) is 5.41 Å². The van der Waals surface area contributed by atoms with Gasteiger partial charge in [-0.1, -0.05) is 84.6 Å². The molecule has 6 rings (SSSR count). The van der Waals surface area contributed by atoms with Gasteiger partial charge in [0, 0.05) is 37.1 Å². The van der Waals surface area contributed by atoms with Crippen LogP contribution in [0.4, 0.5) is 0 Å². The van der Waals surface area contributed by atoms with Crippen LogP contribution < -0.4 is 0 Å². The summed E-state index contributed by atoms with van der Waals surface area (Å²) in [4.78, 5) is 6.43. The van der Waals surface area contributed by atoms with Crippen LogP contribution in [0.25, 0.3) is 21.8 Å². The van der Waals surface area contributed by atoms with Crippen molar-refractivity contribution in [1.82, 2.24) is 4.98 Å². The topological polar surface area (TPSA) is 15.8 Å². The van der Waals surface area contributed by atoms with E-state index in [0.29, 0.717) is 0 Å². The molecule has 134 valence electrons. The zero-order valence-corrected chi connectivity index (χ0v) is 16.4. The van der Waals surface area contributed by atoms with Gasteiger partial charge in [-0.05, 0) is 36.2 Å². The molecule has 0 radical (unpaired) electrons. The molecule has 1 aliphatic rings. The largest absolute Gasteiger partial charge is 0.354 e. The Kier molecular flexibility index (Phi) is 3.30. The number of H-pyrrole nitrogens is 1. The fourth-order valence-corrected chi connectivity index (χ4v) is 6.08. The lowest BCUT2D eigenvalue weighted by atomic mass is 9.70. The van der Waals surface area contributed by atoms with Gasteiger partial charge in [-0.3, -0.25) is 0 Å². The molecule has 2 heterocycles. The predicted molar refractivity (Wildman–Crippen MR) is 118 cm³/mol. The highest BCUT2D eigenvalue weighted by molar-refractivity contribution is 7.99. The number of para-hydroxylation sites is 1. The number of benzene rings is 4. The van der Waals surface area contributed by atoms with Crippen molar-refractivity contribution in [2.75, 3.05) is 0 Å². The molecule has 1 nitrogen and oxygen atoms in total. The Morgan fingerprint density at radius 2 is 1.43 bits per heavy atom. The lowest BCUT2D eigenvalue weighted by molar-refractivity contribution is 0.660. The first-order chi connectivity index (χ1) is 13.8. The van der Waals surface area contributed by atoms with Gasteiger partial charge in [0.15, 0.2) is 0 Å². The monoisotopic (exact) mass is 377 g/mol. The summed E-state index contributed by atoms with van der Waals surface area (Å²) in [7, 11) is 0. The Labute approximate surface area is 168 Å². The molecule has 28 heavy (non-hydrogen) atoms. The molecular weight excluding hydrogens is 358 g/mol. The Balaban J connectivity index is 1.79. The third-order valence-corrected chi connectivity index (χ3v) is 7.28. The number of rotatable bonds is 1. The molecule has 0 bridgehead atoms. The highest BCUT2D eigenvalue weighted by Gasteiger charge is 2.40. The van der Waals surface area contributed by atoms with Crippen LogP contribution in [0.5, 0.6) is 0 Å². The molecule has 0 saturated carbocycles. The summed E-state index contributed by atoms with van der Waals surface area (Å²) in [5.74, 6) is 0. The van der Waals surface area contributed by atoms with E-state index in [-0.39, 0.29) is 5.41 Å². The van der Waals surface area contributed by atoms with Gasteiger partial charge < -0.3 is 4.98 Å². The summed E-state index contributed by atoms with van der Waals surface area (Å²) in [5.41, 5.74) is 6.34. The number of nitrogens with one attached hydrogen (secondary N) is 1. The molecule has 1 atom stereocenters. The fourth-order valence-electron chi connectivity index (χ4n) is 4.77. The molecule has 0 aliphatic carbocycles. The van der Waals surface area contributed by atoms with Gasteiger partial charge >= 0.3 is 0 Å². The maximum atomic E-state index is 3.75. The van der Waals surface area contributed by atoms with Crippen molar-refractivity contribution in [2.45, 2.75) is 22.1 Å². The summed E-state index contributed by atoms with van der Waals surface area (Å²) in [6.45, 7) is 2.38. The summed E-state index contributed by atoms with van der Waals surface area (Å²) < 4.78 is 0. The highest BCUT2D eigenvalue weighted by atomic mass is 32.2. The summed E-state index contributed by atoms with van der Waals surface area (Å²) in [5, 5.41) is 2.59. The molecule has 1 aromatic heterocycles. The highest BCUT2D eigenvalue weighted by Crippen LogP contribution is 2.54. The van der Waals surface area contributed by atoms with Gasteiger partial charge in [0.05, 0.1) is 5.52 Å². The second-order valence-electron chi connectivity index (χ2n) is 7.62.